The van der Waals surface area contributed by atoms with Gasteiger partial charge in [0, 0.05) is 6.04 Å². The minimum absolute atomic E-state index is 0.397. The molecule has 1 nitrogen and oxygen atoms in total. The Balaban J connectivity index is 3.69. The van der Waals surface area contributed by atoms with Crippen molar-refractivity contribution in [2.75, 3.05) is 6.54 Å². The Kier molecular flexibility index (Phi) is 5.31. The van der Waals surface area contributed by atoms with Crippen LogP contribution in [0.4, 0.5) is 0 Å². The third-order valence-electron chi connectivity index (χ3n) is 2.13. The van der Waals surface area contributed by atoms with Crippen LogP contribution in [0.15, 0.2) is 12.2 Å². The topological polar surface area (TPSA) is 12.0 Å². The smallest absolute Gasteiger partial charge is 0.00103 e. The molecule has 1 heteroatoms. The van der Waals surface area contributed by atoms with Crippen LogP contribution in [-0.2, 0) is 0 Å². The minimum atomic E-state index is 0.397. The van der Waals surface area contributed by atoms with Gasteiger partial charge in [-0.25, -0.2) is 0 Å². The van der Waals surface area contributed by atoms with Crippen molar-refractivity contribution in [3.63, 3.8) is 0 Å². The van der Waals surface area contributed by atoms with Gasteiger partial charge in [0.2, 0.25) is 0 Å². The molecule has 0 saturated heterocycles. The molecule has 0 bridgehead atoms. The lowest BCUT2D eigenvalue weighted by Crippen LogP contribution is -2.27. The van der Waals surface area contributed by atoms with E-state index in [1.54, 1.807) is 0 Å². The van der Waals surface area contributed by atoms with E-state index in [0.717, 1.165) is 13.0 Å². The largest absolute Gasteiger partial charge is 0.315 e. The Hall–Kier alpha value is -0.300. The Labute approximate surface area is 83.6 Å². The Morgan fingerprint density at radius 2 is 1.92 bits per heavy atom. The molecule has 0 aromatic heterocycles. The third-order valence-corrected chi connectivity index (χ3v) is 2.13. The molecule has 0 saturated carbocycles. The van der Waals surface area contributed by atoms with Gasteiger partial charge in [-0.05, 0) is 31.7 Å². The summed E-state index contributed by atoms with van der Waals surface area (Å²) in [7, 11) is 0. The highest BCUT2D eigenvalue weighted by Gasteiger charge is 2.17. The minimum Gasteiger partial charge on any atom is -0.315 e. The predicted octanol–water partition coefficient (Wildman–Crippen LogP) is 3.37. The number of hydrogen-bond acceptors (Lipinski definition) is 1. The number of nitrogens with one attached hydrogen (secondary N) is 1. The predicted molar refractivity (Wildman–Crippen MR) is 61.0 cm³/mol. The molecule has 0 rings (SSSR count). The van der Waals surface area contributed by atoms with Gasteiger partial charge in [0.1, 0.15) is 0 Å². The second-order valence-electron chi connectivity index (χ2n) is 5.16. The molecule has 0 aliphatic rings. The van der Waals surface area contributed by atoms with E-state index >= 15 is 0 Å². The normalized spacial score (nSPS) is 12.2. The maximum Gasteiger partial charge on any atom is 0.00103 e. The highest BCUT2D eigenvalue weighted by molar-refractivity contribution is 4.93. The summed E-state index contributed by atoms with van der Waals surface area (Å²) in [6, 6.07) is 0.598. The van der Waals surface area contributed by atoms with E-state index in [-0.39, 0.29) is 0 Å². The van der Waals surface area contributed by atoms with Crippen LogP contribution >= 0.6 is 0 Å². The Morgan fingerprint density at radius 1 is 1.38 bits per heavy atom. The first-order chi connectivity index (χ1) is 5.83. The van der Waals surface area contributed by atoms with Gasteiger partial charge >= 0.3 is 0 Å². The van der Waals surface area contributed by atoms with E-state index in [0.29, 0.717) is 11.5 Å². The van der Waals surface area contributed by atoms with Crippen molar-refractivity contribution >= 4 is 0 Å². The first-order valence-electron chi connectivity index (χ1n) is 5.21. The maximum absolute atomic E-state index is 3.96. The van der Waals surface area contributed by atoms with Crippen molar-refractivity contribution in [3.05, 3.63) is 12.2 Å². The zero-order chi connectivity index (χ0) is 10.5. The van der Waals surface area contributed by atoms with Gasteiger partial charge in [-0.1, -0.05) is 33.3 Å². The van der Waals surface area contributed by atoms with Crippen molar-refractivity contribution in [2.45, 2.75) is 53.5 Å². The van der Waals surface area contributed by atoms with Crippen LogP contribution in [0.3, 0.4) is 0 Å². The fourth-order valence-electron chi connectivity index (χ4n) is 1.60. The van der Waals surface area contributed by atoms with Crippen LogP contribution in [-0.4, -0.2) is 12.6 Å². The lowest BCUT2D eigenvalue weighted by Gasteiger charge is -2.25. The van der Waals surface area contributed by atoms with E-state index in [2.05, 4.69) is 46.5 Å². The molecule has 0 fully saturated rings. The fourth-order valence-corrected chi connectivity index (χ4v) is 1.60. The molecule has 0 spiro atoms. The van der Waals surface area contributed by atoms with E-state index in [9.17, 15) is 0 Å². The number of rotatable bonds is 6. The van der Waals surface area contributed by atoms with E-state index in [1.807, 2.05) is 0 Å². The molecule has 0 aromatic rings. The van der Waals surface area contributed by atoms with Crippen molar-refractivity contribution in [1.29, 1.82) is 0 Å². The molecule has 78 valence electrons. The van der Waals surface area contributed by atoms with Crippen LogP contribution in [0, 0.1) is 5.41 Å². The molecule has 0 atom stereocenters. The summed E-state index contributed by atoms with van der Waals surface area (Å²) < 4.78 is 0. The van der Waals surface area contributed by atoms with Gasteiger partial charge in [0.15, 0.2) is 0 Å². The summed E-state index contributed by atoms with van der Waals surface area (Å²) in [6.45, 7) is 16.2. The molecule has 0 aliphatic carbocycles. The first-order valence-corrected chi connectivity index (χ1v) is 5.21. The fraction of sp³-hybridized carbons (Fsp3) is 0.833. The zero-order valence-electron chi connectivity index (χ0n) is 9.91. The molecule has 0 amide bonds. The highest BCUT2D eigenvalue weighted by Crippen LogP contribution is 2.27. The lowest BCUT2D eigenvalue weighted by atomic mass is 9.83. The average Bonchev–Trinajstić information content (AvgIpc) is 1.81. The zero-order valence-corrected chi connectivity index (χ0v) is 9.91. The maximum atomic E-state index is 3.96. The monoisotopic (exact) mass is 183 g/mol. The Morgan fingerprint density at radius 3 is 2.31 bits per heavy atom. The van der Waals surface area contributed by atoms with Gasteiger partial charge < -0.3 is 5.32 Å². The second-order valence-corrected chi connectivity index (χ2v) is 5.16. The van der Waals surface area contributed by atoms with E-state index in [4.69, 9.17) is 0 Å². The van der Waals surface area contributed by atoms with Crippen molar-refractivity contribution < 1.29 is 0 Å². The molecule has 0 heterocycles. The lowest BCUT2D eigenvalue weighted by molar-refractivity contribution is 0.320. The van der Waals surface area contributed by atoms with Crippen LogP contribution < -0.4 is 5.32 Å². The molecule has 0 aliphatic heterocycles. The summed E-state index contributed by atoms with van der Waals surface area (Å²) in [5, 5.41) is 3.45. The van der Waals surface area contributed by atoms with Gasteiger partial charge in [-0.3, -0.25) is 0 Å². The first kappa shape index (κ1) is 12.7. The number of hydrogen-bond donors (Lipinski definition) is 1. The molecule has 13 heavy (non-hydrogen) atoms. The molecular formula is C12H25N. The number of allylic oxidation sites excluding steroid dienone is 1. The second kappa shape index (κ2) is 5.43. The average molecular weight is 183 g/mol. The van der Waals surface area contributed by atoms with Crippen molar-refractivity contribution in [2.24, 2.45) is 5.41 Å². The quantitative estimate of drug-likeness (QED) is 0.623. The van der Waals surface area contributed by atoms with E-state index in [1.165, 1.54) is 12.0 Å². The molecule has 1 N–H and O–H groups in total. The van der Waals surface area contributed by atoms with Crippen LogP contribution in [0.25, 0.3) is 0 Å². The van der Waals surface area contributed by atoms with Crippen molar-refractivity contribution in [1.82, 2.24) is 5.32 Å². The summed E-state index contributed by atoms with van der Waals surface area (Å²) >= 11 is 0. The van der Waals surface area contributed by atoms with Crippen LogP contribution in [0.5, 0.6) is 0 Å². The van der Waals surface area contributed by atoms with Gasteiger partial charge in [-0.2, -0.15) is 0 Å². The van der Waals surface area contributed by atoms with Gasteiger partial charge in [0.05, 0.1) is 0 Å². The summed E-state index contributed by atoms with van der Waals surface area (Å²) in [5.41, 5.74) is 1.68. The molecule has 0 unspecified atom stereocenters. The summed E-state index contributed by atoms with van der Waals surface area (Å²) in [5.74, 6) is 0. The summed E-state index contributed by atoms with van der Waals surface area (Å²) in [6.07, 6.45) is 2.35. The summed E-state index contributed by atoms with van der Waals surface area (Å²) in [4.78, 5) is 0. The standard InChI is InChI=1S/C12H25N/c1-10(2)9-12(5,6)7-8-13-11(3)4/h11,13H,1,7-9H2,2-6H3. The van der Waals surface area contributed by atoms with E-state index < -0.39 is 0 Å². The SMILES string of the molecule is C=C(C)CC(C)(C)CCNC(C)C. The molecule has 0 aromatic carbocycles. The molecular weight excluding hydrogens is 158 g/mol. The van der Waals surface area contributed by atoms with Crippen LogP contribution in [0.2, 0.25) is 0 Å². The van der Waals surface area contributed by atoms with Crippen molar-refractivity contribution in [3.8, 4) is 0 Å². The molecule has 0 radical (unpaired) electrons. The van der Waals surface area contributed by atoms with Gasteiger partial charge in [0.25, 0.3) is 0 Å². The van der Waals surface area contributed by atoms with Crippen LogP contribution in [0.1, 0.15) is 47.5 Å². The Bertz CT molecular complexity index is 157. The third kappa shape index (κ3) is 8.04. The van der Waals surface area contributed by atoms with Gasteiger partial charge in [-0.15, -0.1) is 6.58 Å². The highest BCUT2D eigenvalue weighted by atomic mass is 14.9.